The van der Waals surface area contributed by atoms with Crippen LogP contribution in [0, 0.1) is 0 Å². The molecular formula is C17H19N3O2. The molecule has 1 aliphatic rings. The molecule has 0 bridgehead atoms. The third-order valence-electron chi connectivity index (χ3n) is 3.94. The lowest BCUT2D eigenvalue weighted by molar-refractivity contribution is 0.0766. The molecule has 2 aromatic rings. The number of hydrogen-bond acceptors (Lipinski definition) is 4. The van der Waals surface area contributed by atoms with E-state index in [1.165, 1.54) is 16.2 Å². The summed E-state index contributed by atoms with van der Waals surface area (Å²) in [6.45, 7) is 1.18. The van der Waals surface area contributed by atoms with Gasteiger partial charge >= 0.3 is 0 Å². The summed E-state index contributed by atoms with van der Waals surface area (Å²) in [6.07, 6.45) is 2.62. The van der Waals surface area contributed by atoms with Crippen molar-refractivity contribution in [2.75, 3.05) is 31.6 Å². The zero-order valence-corrected chi connectivity index (χ0v) is 12.6. The molecule has 0 aliphatic carbocycles. The van der Waals surface area contributed by atoms with Crippen LogP contribution in [-0.2, 0) is 6.42 Å². The van der Waals surface area contributed by atoms with Gasteiger partial charge in [0.25, 0.3) is 5.91 Å². The molecule has 114 valence electrons. The minimum absolute atomic E-state index is 0.0433. The van der Waals surface area contributed by atoms with Gasteiger partial charge < -0.3 is 14.9 Å². The maximum Gasteiger partial charge on any atom is 0.255 e. The molecule has 1 aromatic carbocycles. The van der Waals surface area contributed by atoms with Crippen molar-refractivity contribution in [2.24, 2.45) is 0 Å². The van der Waals surface area contributed by atoms with Gasteiger partial charge in [-0.2, -0.15) is 0 Å². The Labute approximate surface area is 129 Å². The number of amides is 1. The third kappa shape index (κ3) is 2.67. The summed E-state index contributed by atoms with van der Waals surface area (Å²) in [4.78, 5) is 20.2. The molecule has 5 nitrogen and oxygen atoms in total. The average molecular weight is 297 g/mol. The van der Waals surface area contributed by atoms with Gasteiger partial charge in [0.15, 0.2) is 0 Å². The molecule has 0 unspecified atom stereocenters. The lowest BCUT2D eigenvalue weighted by Gasteiger charge is -2.19. The fraction of sp³-hybridized carbons (Fsp3) is 0.294. The highest BCUT2D eigenvalue weighted by atomic mass is 16.3. The Kier molecular flexibility index (Phi) is 4.06. The summed E-state index contributed by atoms with van der Waals surface area (Å²) in [5, 5.41) is 8.90. The molecule has 0 spiro atoms. The van der Waals surface area contributed by atoms with Crippen LogP contribution < -0.4 is 4.90 Å². The highest BCUT2D eigenvalue weighted by Crippen LogP contribution is 2.32. The predicted octanol–water partition coefficient (Wildman–Crippen LogP) is 1.84. The van der Waals surface area contributed by atoms with Gasteiger partial charge in [-0.3, -0.25) is 4.79 Å². The van der Waals surface area contributed by atoms with Crippen molar-refractivity contribution < 1.29 is 9.90 Å². The SMILES string of the molecule is CN(CCO)C(=O)c1ccc(N2CCc3ccccc32)nc1. The molecular weight excluding hydrogens is 278 g/mol. The van der Waals surface area contributed by atoms with Gasteiger partial charge in [-0.05, 0) is 30.2 Å². The van der Waals surface area contributed by atoms with E-state index in [2.05, 4.69) is 28.1 Å². The predicted molar refractivity (Wildman–Crippen MR) is 85.4 cm³/mol. The van der Waals surface area contributed by atoms with Gasteiger partial charge in [0.1, 0.15) is 5.82 Å². The summed E-state index contributed by atoms with van der Waals surface area (Å²) in [5.74, 6) is 0.723. The van der Waals surface area contributed by atoms with E-state index >= 15 is 0 Å². The summed E-state index contributed by atoms with van der Waals surface area (Å²) >= 11 is 0. The minimum Gasteiger partial charge on any atom is -0.395 e. The molecule has 0 radical (unpaired) electrons. The summed E-state index contributed by atoms with van der Waals surface area (Å²) in [6, 6.07) is 12.0. The molecule has 1 N–H and O–H groups in total. The first-order valence-corrected chi connectivity index (χ1v) is 7.38. The first kappa shape index (κ1) is 14.5. The Morgan fingerprint density at radius 3 is 2.86 bits per heavy atom. The van der Waals surface area contributed by atoms with E-state index in [1.807, 2.05) is 12.1 Å². The van der Waals surface area contributed by atoms with Crippen LogP contribution in [0.5, 0.6) is 0 Å². The molecule has 0 fully saturated rings. The number of pyridine rings is 1. The van der Waals surface area contributed by atoms with Crippen LogP contribution in [0.15, 0.2) is 42.6 Å². The fourth-order valence-corrected chi connectivity index (χ4v) is 2.72. The lowest BCUT2D eigenvalue weighted by atomic mass is 10.2. The Morgan fingerprint density at radius 2 is 2.14 bits per heavy atom. The zero-order valence-electron chi connectivity index (χ0n) is 12.6. The van der Waals surface area contributed by atoms with Crippen LogP contribution in [-0.4, -0.2) is 47.6 Å². The van der Waals surface area contributed by atoms with E-state index in [9.17, 15) is 4.79 Å². The molecule has 0 saturated heterocycles. The highest BCUT2D eigenvalue weighted by Gasteiger charge is 2.21. The lowest BCUT2D eigenvalue weighted by Crippen LogP contribution is -2.29. The smallest absolute Gasteiger partial charge is 0.255 e. The van der Waals surface area contributed by atoms with Crippen LogP contribution in [0.3, 0.4) is 0 Å². The second kappa shape index (κ2) is 6.15. The molecule has 0 atom stereocenters. The summed E-state index contributed by atoms with van der Waals surface area (Å²) in [5.41, 5.74) is 3.05. The largest absolute Gasteiger partial charge is 0.395 e. The number of rotatable bonds is 4. The maximum atomic E-state index is 12.1. The maximum absolute atomic E-state index is 12.1. The van der Waals surface area contributed by atoms with Crippen molar-refractivity contribution in [3.8, 4) is 0 Å². The van der Waals surface area contributed by atoms with E-state index in [0.717, 1.165) is 18.8 Å². The molecule has 0 saturated carbocycles. The third-order valence-corrected chi connectivity index (χ3v) is 3.94. The Balaban J connectivity index is 1.80. The van der Waals surface area contributed by atoms with Crippen LogP contribution in [0.25, 0.3) is 0 Å². The molecule has 2 heterocycles. The summed E-state index contributed by atoms with van der Waals surface area (Å²) in [7, 11) is 1.67. The number of carbonyl (C=O) groups excluding carboxylic acids is 1. The fourth-order valence-electron chi connectivity index (χ4n) is 2.72. The van der Waals surface area contributed by atoms with Crippen molar-refractivity contribution in [3.63, 3.8) is 0 Å². The second-order valence-electron chi connectivity index (χ2n) is 5.39. The number of nitrogens with zero attached hydrogens (tertiary/aromatic N) is 3. The van der Waals surface area contributed by atoms with E-state index in [0.29, 0.717) is 12.1 Å². The topological polar surface area (TPSA) is 56.7 Å². The number of aliphatic hydroxyl groups excluding tert-OH is 1. The number of carbonyl (C=O) groups is 1. The van der Waals surface area contributed by atoms with E-state index in [-0.39, 0.29) is 12.5 Å². The molecule has 22 heavy (non-hydrogen) atoms. The van der Waals surface area contributed by atoms with Gasteiger partial charge in [0.05, 0.1) is 12.2 Å². The van der Waals surface area contributed by atoms with Crippen LogP contribution in [0.4, 0.5) is 11.5 Å². The first-order valence-electron chi connectivity index (χ1n) is 7.38. The van der Waals surface area contributed by atoms with Gasteiger partial charge in [0.2, 0.25) is 0 Å². The number of para-hydroxylation sites is 1. The van der Waals surface area contributed by atoms with E-state index < -0.39 is 0 Å². The highest BCUT2D eigenvalue weighted by molar-refractivity contribution is 5.94. The van der Waals surface area contributed by atoms with Crippen molar-refractivity contribution in [2.45, 2.75) is 6.42 Å². The van der Waals surface area contributed by atoms with E-state index in [4.69, 9.17) is 5.11 Å². The number of likely N-dealkylation sites (N-methyl/N-ethyl adjacent to an activating group) is 1. The number of aliphatic hydroxyl groups is 1. The normalized spacial score (nSPS) is 13.1. The minimum atomic E-state index is -0.130. The Hall–Kier alpha value is -2.40. The standard InChI is InChI=1S/C17H19N3O2/c1-19(10-11-21)17(22)14-6-7-16(18-12-14)20-9-8-13-4-2-3-5-15(13)20/h2-7,12,21H,8-11H2,1H3. The molecule has 5 heteroatoms. The van der Waals surface area contributed by atoms with Crippen molar-refractivity contribution in [1.82, 2.24) is 9.88 Å². The molecule has 1 aromatic heterocycles. The van der Waals surface area contributed by atoms with E-state index in [1.54, 1.807) is 19.3 Å². The van der Waals surface area contributed by atoms with Crippen molar-refractivity contribution >= 4 is 17.4 Å². The number of benzene rings is 1. The molecule has 1 amide bonds. The number of hydrogen-bond donors (Lipinski definition) is 1. The number of anilines is 2. The Bertz CT molecular complexity index is 670. The zero-order chi connectivity index (χ0) is 15.5. The molecule has 3 rings (SSSR count). The second-order valence-corrected chi connectivity index (χ2v) is 5.39. The average Bonchev–Trinajstić information content (AvgIpc) is 2.98. The van der Waals surface area contributed by atoms with Gasteiger partial charge in [-0.1, -0.05) is 18.2 Å². The van der Waals surface area contributed by atoms with Gasteiger partial charge in [0, 0.05) is 32.0 Å². The van der Waals surface area contributed by atoms with Crippen LogP contribution in [0.2, 0.25) is 0 Å². The van der Waals surface area contributed by atoms with Crippen LogP contribution >= 0.6 is 0 Å². The quantitative estimate of drug-likeness (QED) is 0.935. The van der Waals surface area contributed by atoms with Crippen LogP contribution in [0.1, 0.15) is 15.9 Å². The van der Waals surface area contributed by atoms with Crippen molar-refractivity contribution in [3.05, 3.63) is 53.7 Å². The summed E-state index contributed by atoms with van der Waals surface area (Å²) < 4.78 is 0. The van der Waals surface area contributed by atoms with Gasteiger partial charge in [-0.15, -0.1) is 0 Å². The Morgan fingerprint density at radius 1 is 1.32 bits per heavy atom. The number of aromatic nitrogens is 1. The van der Waals surface area contributed by atoms with Crippen molar-refractivity contribution in [1.29, 1.82) is 0 Å². The molecule has 1 aliphatic heterocycles. The first-order chi connectivity index (χ1) is 10.7. The number of fused-ring (bicyclic) bond motifs is 1. The monoisotopic (exact) mass is 297 g/mol. The van der Waals surface area contributed by atoms with Gasteiger partial charge in [-0.25, -0.2) is 4.98 Å².